The summed E-state index contributed by atoms with van der Waals surface area (Å²) in [6, 6.07) is 7.18. The largest absolute Gasteiger partial charge is 0.611 e. The van der Waals surface area contributed by atoms with Crippen LogP contribution in [0.25, 0.3) is 0 Å². The molecule has 0 spiro atoms. The molecule has 1 heterocycles. The SMILES string of the molecule is CC(O)c1ccc([S+]([O-])C[C@@H]2COC(C)(C)O2)cc1. The van der Waals surface area contributed by atoms with Crippen LogP contribution >= 0.6 is 0 Å². The summed E-state index contributed by atoms with van der Waals surface area (Å²) in [5.41, 5.74) is 0.822. The first-order chi connectivity index (χ1) is 8.87. The van der Waals surface area contributed by atoms with Crippen molar-refractivity contribution in [3.63, 3.8) is 0 Å². The standard InChI is InChI=1S/C14H20O4S/c1-10(15)11-4-6-13(7-5-11)19(16)9-12-8-17-14(2,3)18-12/h4-7,10,12,15H,8-9H2,1-3H3/t10?,12-,19?/m0/s1. The van der Waals surface area contributed by atoms with E-state index in [4.69, 9.17) is 9.47 Å². The van der Waals surface area contributed by atoms with Crippen LogP contribution in [0.3, 0.4) is 0 Å². The van der Waals surface area contributed by atoms with Gasteiger partial charge in [0.05, 0.1) is 12.7 Å². The summed E-state index contributed by atoms with van der Waals surface area (Å²) in [7, 11) is 0. The topological polar surface area (TPSA) is 61.8 Å². The number of ether oxygens (including phenoxy) is 2. The maximum absolute atomic E-state index is 12.2. The zero-order valence-corrected chi connectivity index (χ0v) is 12.3. The molecule has 0 bridgehead atoms. The highest BCUT2D eigenvalue weighted by Crippen LogP contribution is 2.25. The average molecular weight is 284 g/mol. The van der Waals surface area contributed by atoms with Gasteiger partial charge in [0, 0.05) is 0 Å². The predicted molar refractivity (Wildman–Crippen MR) is 73.3 cm³/mol. The van der Waals surface area contributed by atoms with Gasteiger partial charge >= 0.3 is 0 Å². The second-order valence-corrected chi connectivity index (χ2v) is 6.70. The Morgan fingerprint density at radius 1 is 1.42 bits per heavy atom. The minimum absolute atomic E-state index is 0.132. The molecule has 0 aromatic heterocycles. The van der Waals surface area contributed by atoms with E-state index in [0.717, 1.165) is 10.5 Å². The van der Waals surface area contributed by atoms with Gasteiger partial charge in [-0.25, -0.2) is 0 Å². The molecule has 0 saturated carbocycles. The summed E-state index contributed by atoms with van der Waals surface area (Å²) in [6.45, 7) is 5.89. The maximum Gasteiger partial charge on any atom is 0.163 e. The van der Waals surface area contributed by atoms with Gasteiger partial charge in [-0.3, -0.25) is 0 Å². The number of aliphatic hydroxyl groups is 1. The van der Waals surface area contributed by atoms with E-state index in [1.165, 1.54) is 0 Å². The summed E-state index contributed by atoms with van der Waals surface area (Å²) in [6.07, 6.45) is -0.637. The van der Waals surface area contributed by atoms with Crippen molar-refractivity contribution in [1.82, 2.24) is 0 Å². The third-order valence-corrected chi connectivity index (χ3v) is 4.50. The molecule has 2 unspecified atom stereocenters. The Kier molecular flexibility index (Phi) is 4.53. The molecular weight excluding hydrogens is 264 g/mol. The zero-order chi connectivity index (χ0) is 14.0. The van der Waals surface area contributed by atoms with Crippen molar-refractivity contribution in [2.75, 3.05) is 12.4 Å². The van der Waals surface area contributed by atoms with E-state index in [9.17, 15) is 9.66 Å². The molecule has 5 heteroatoms. The van der Waals surface area contributed by atoms with Crippen LogP contribution in [0.5, 0.6) is 0 Å². The van der Waals surface area contributed by atoms with E-state index in [-0.39, 0.29) is 6.10 Å². The number of rotatable bonds is 4. The highest BCUT2D eigenvalue weighted by atomic mass is 32.2. The molecule has 1 fully saturated rings. The van der Waals surface area contributed by atoms with Gasteiger partial charge in [0.1, 0.15) is 11.9 Å². The Balaban J connectivity index is 1.94. The number of hydrogen-bond donors (Lipinski definition) is 1. The van der Waals surface area contributed by atoms with E-state index in [1.54, 1.807) is 31.2 Å². The summed E-state index contributed by atoms with van der Waals surface area (Å²) in [5, 5.41) is 9.43. The van der Waals surface area contributed by atoms with Gasteiger partial charge in [-0.05, 0) is 49.6 Å². The van der Waals surface area contributed by atoms with Gasteiger partial charge in [-0.15, -0.1) is 0 Å². The monoisotopic (exact) mass is 284 g/mol. The van der Waals surface area contributed by atoms with Crippen LogP contribution in [0, 0.1) is 0 Å². The van der Waals surface area contributed by atoms with Crippen LogP contribution in [0.4, 0.5) is 0 Å². The molecule has 4 nitrogen and oxygen atoms in total. The van der Waals surface area contributed by atoms with Gasteiger partial charge < -0.3 is 19.1 Å². The first kappa shape index (κ1) is 14.8. The van der Waals surface area contributed by atoms with Crippen LogP contribution in [0.2, 0.25) is 0 Å². The Morgan fingerprint density at radius 2 is 2.05 bits per heavy atom. The minimum atomic E-state index is -1.11. The van der Waals surface area contributed by atoms with Crippen LogP contribution in [-0.4, -0.2) is 33.9 Å². The van der Waals surface area contributed by atoms with Crippen LogP contribution in [0.1, 0.15) is 32.4 Å². The molecular formula is C14H20O4S. The first-order valence-electron chi connectivity index (χ1n) is 6.35. The van der Waals surface area contributed by atoms with Gasteiger partial charge in [-0.1, -0.05) is 12.1 Å². The van der Waals surface area contributed by atoms with E-state index < -0.39 is 23.1 Å². The Bertz CT molecular complexity index is 416. The van der Waals surface area contributed by atoms with Crippen molar-refractivity contribution in [3.8, 4) is 0 Å². The second kappa shape index (κ2) is 5.81. The zero-order valence-electron chi connectivity index (χ0n) is 11.5. The molecule has 0 aliphatic carbocycles. The molecule has 1 aliphatic rings. The molecule has 2 rings (SSSR count). The van der Waals surface area contributed by atoms with Gasteiger partial charge in [-0.2, -0.15) is 0 Å². The molecule has 0 amide bonds. The highest BCUT2D eigenvalue weighted by molar-refractivity contribution is 7.91. The summed E-state index contributed by atoms with van der Waals surface area (Å²) < 4.78 is 23.3. The molecule has 106 valence electrons. The molecule has 1 aromatic rings. The van der Waals surface area contributed by atoms with E-state index in [2.05, 4.69) is 0 Å². The summed E-state index contributed by atoms with van der Waals surface area (Å²) >= 11 is -1.11. The predicted octanol–water partition coefficient (Wildman–Crippen LogP) is 2.00. The fraction of sp³-hybridized carbons (Fsp3) is 0.571. The quantitative estimate of drug-likeness (QED) is 0.859. The van der Waals surface area contributed by atoms with E-state index in [0.29, 0.717) is 12.4 Å². The molecule has 1 N–H and O–H groups in total. The van der Waals surface area contributed by atoms with Crippen molar-refractivity contribution < 1.29 is 19.1 Å². The van der Waals surface area contributed by atoms with Crippen molar-refractivity contribution in [1.29, 1.82) is 0 Å². The molecule has 0 radical (unpaired) electrons. The van der Waals surface area contributed by atoms with E-state index >= 15 is 0 Å². The fourth-order valence-corrected chi connectivity index (χ4v) is 3.14. The molecule has 1 saturated heterocycles. The third-order valence-electron chi connectivity index (χ3n) is 3.03. The summed E-state index contributed by atoms with van der Waals surface area (Å²) in [4.78, 5) is 0.748. The molecule has 1 aliphatic heterocycles. The van der Waals surface area contributed by atoms with Crippen LogP contribution in [0.15, 0.2) is 29.2 Å². The maximum atomic E-state index is 12.2. The number of benzene rings is 1. The van der Waals surface area contributed by atoms with Crippen LogP contribution in [-0.2, 0) is 20.6 Å². The Hall–Kier alpha value is -0.590. The Morgan fingerprint density at radius 3 is 2.53 bits per heavy atom. The molecule has 3 atom stereocenters. The lowest BCUT2D eigenvalue weighted by atomic mass is 10.1. The first-order valence-corrected chi connectivity index (χ1v) is 7.67. The lowest BCUT2D eigenvalue weighted by molar-refractivity contribution is -0.135. The normalized spacial score (nSPS) is 25.2. The van der Waals surface area contributed by atoms with Gasteiger partial charge in [0.2, 0.25) is 0 Å². The summed E-state index contributed by atoms with van der Waals surface area (Å²) in [5.74, 6) is -0.150. The lowest BCUT2D eigenvalue weighted by Gasteiger charge is -2.18. The fourth-order valence-electron chi connectivity index (χ4n) is 2.01. The van der Waals surface area contributed by atoms with Crippen molar-refractivity contribution in [2.24, 2.45) is 0 Å². The molecule has 1 aromatic carbocycles. The van der Waals surface area contributed by atoms with Crippen molar-refractivity contribution in [2.45, 2.75) is 43.7 Å². The number of hydrogen-bond acceptors (Lipinski definition) is 4. The van der Waals surface area contributed by atoms with Crippen LogP contribution < -0.4 is 0 Å². The third kappa shape index (κ3) is 3.94. The lowest BCUT2D eigenvalue weighted by Crippen LogP contribution is -2.26. The van der Waals surface area contributed by atoms with Gasteiger partial charge in [0.15, 0.2) is 10.7 Å². The van der Waals surface area contributed by atoms with Gasteiger partial charge in [0.25, 0.3) is 0 Å². The van der Waals surface area contributed by atoms with E-state index in [1.807, 2.05) is 13.8 Å². The van der Waals surface area contributed by atoms with Crippen molar-refractivity contribution >= 4 is 11.2 Å². The highest BCUT2D eigenvalue weighted by Gasteiger charge is 2.35. The second-order valence-electron chi connectivity index (χ2n) is 5.21. The van der Waals surface area contributed by atoms with Crippen molar-refractivity contribution in [3.05, 3.63) is 29.8 Å². The average Bonchev–Trinajstić information content (AvgIpc) is 2.68. The Labute approximate surface area is 116 Å². The number of aliphatic hydroxyl groups excluding tert-OH is 1. The smallest absolute Gasteiger partial charge is 0.163 e. The molecule has 19 heavy (non-hydrogen) atoms. The minimum Gasteiger partial charge on any atom is -0.611 e.